The summed E-state index contributed by atoms with van der Waals surface area (Å²) in [5.74, 6) is 0.273. The van der Waals surface area contributed by atoms with Crippen molar-refractivity contribution in [2.75, 3.05) is 0 Å². The second-order valence-electron chi connectivity index (χ2n) is 8.49. The van der Waals surface area contributed by atoms with E-state index in [0.29, 0.717) is 27.5 Å². The summed E-state index contributed by atoms with van der Waals surface area (Å²) in [6.45, 7) is 3.47. The van der Waals surface area contributed by atoms with Gasteiger partial charge in [0.1, 0.15) is 12.3 Å². The molecule has 0 radical (unpaired) electrons. The number of halogens is 4. The lowest BCUT2D eigenvalue weighted by Crippen LogP contribution is -2.19. The van der Waals surface area contributed by atoms with Crippen LogP contribution in [0.4, 0.5) is 13.2 Å². The zero-order chi connectivity index (χ0) is 26.3. The number of fused-ring (bicyclic) bond motifs is 1. The van der Waals surface area contributed by atoms with Crippen LogP contribution in [0.15, 0.2) is 77.7 Å². The van der Waals surface area contributed by atoms with Gasteiger partial charge in [-0.15, -0.1) is 0 Å². The molecule has 0 unspecified atom stereocenters. The van der Waals surface area contributed by atoms with Crippen molar-refractivity contribution in [2.24, 2.45) is 0 Å². The van der Waals surface area contributed by atoms with Crippen molar-refractivity contribution in [2.45, 2.75) is 26.6 Å². The van der Waals surface area contributed by atoms with Crippen molar-refractivity contribution in [3.05, 3.63) is 111 Å². The molecule has 5 aromatic rings. The van der Waals surface area contributed by atoms with Gasteiger partial charge in [-0.25, -0.2) is 9.67 Å². The summed E-state index contributed by atoms with van der Waals surface area (Å²) in [6.07, 6.45) is -2.88. The Bertz CT molecular complexity index is 1670. The molecule has 188 valence electrons. The topological polar surface area (TPSA) is 61.4 Å². The smallest absolute Gasteiger partial charge is 0.416 e. The van der Waals surface area contributed by atoms with E-state index in [1.807, 2.05) is 19.1 Å². The summed E-state index contributed by atoms with van der Waals surface area (Å²) >= 11 is 5.99. The largest absolute Gasteiger partial charge is 0.485 e. The minimum atomic E-state index is -4.45. The fourth-order valence-corrected chi connectivity index (χ4v) is 4.22. The average molecular weight is 525 g/mol. The normalized spacial score (nSPS) is 11.7. The number of nitrogens with zero attached hydrogens (tertiary/aromatic N) is 4. The molecule has 0 aliphatic heterocycles. The van der Waals surface area contributed by atoms with E-state index in [-0.39, 0.29) is 23.6 Å². The van der Waals surface area contributed by atoms with Crippen molar-refractivity contribution in [3.8, 4) is 22.7 Å². The van der Waals surface area contributed by atoms with Crippen LogP contribution in [-0.2, 0) is 12.8 Å². The number of aryl methyl sites for hydroxylation is 2. The highest BCUT2D eigenvalue weighted by Crippen LogP contribution is 2.30. The lowest BCUT2D eigenvalue weighted by molar-refractivity contribution is -0.137. The maximum Gasteiger partial charge on any atom is 0.416 e. The average Bonchev–Trinajstić information content (AvgIpc) is 3.24. The van der Waals surface area contributed by atoms with E-state index in [1.54, 1.807) is 54.2 Å². The number of hydrogen-bond donors (Lipinski definition) is 0. The highest BCUT2D eigenvalue weighted by Gasteiger charge is 2.30. The highest BCUT2D eigenvalue weighted by atomic mass is 35.5. The van der Waals surface area contributed by atoms with E-state index in [1.165, 1.54) is 10.5 Å². The van der Waals surface area contributed by atoms with E-state index >= 15 is 0 Å². The zero-order valence-corrected chi connectivity index (χ0v) is 20.5. The van der Waals surface area contributed by atoms with Crippen molar-refractivity contribution in [1.82, 2.24) is 19.2 Å². The van der Waals surface area contributed by atoms with E-state index in [2.05, 4.69) is 10.1 Å². The summed E-state index contributed by atoms with van der Waals surface area (Å²) in [5, 5.41) is 5.24. The quantitative estimate of drug-likeness (QED) is 0.266. The highest BCUT2D eigenvalue weighted by molar-refractivity contribution is 6.30. The molecule has 37 heavy (non-hydrogen) atoms. The number of aromatic nitrogens is 4. The third-order valence-electron chi connectivity index (χ3n) is 5.86. The fraction of sp³-hybridized carbons (Fsp3) is 0.148. The predicted molar refractivity (Wildman–Crippen MR) is 134 cm³/mol. The predicted octanol–water partition coefficient (Wildman–Crippen LogP) is 6.42. The minimum Gasteiger partial charge on any atom is -0.485 e. The molecule has 2 aromatic carbocycles. The number of benzene rings is 2. The van der Waals surface area contributed by atoms with E-state index in [0.717, 1.165) is 23.5 Å². The van der Waals surface area contributed by atoms with Gasteiger partial charge >= 0.3 is 6.18 Å². The standard InChI is InChI=1S/C27H20ClF3N4O2/c1-16-13-22(33-35(16)21-10-8-20(28)9-11-21)24-17(2)32-25-23(7-4-12-34(25)26(24)36)37-15-18-5-3-6-19(14-18)27(29,30)31/h3-14H,15H2,1-2H3. The van der Waals surface area contributed by atoms with Gasteiger partial charge in [-0.2, -0.15) is 18.3 Å². The first-order valence-electron chi connectivity index (χ1n) is 11.3. The maximum atomic E-state index is 13.5. The third kappa shape index (κ3) is 4.82. The molecule has 5 rings (SSSR count). The lowest BCUT2D eigenvalue weighted by Gasteiger charge is -2.13. The van der Waals surface area contributed by atoms with Crippen LogP contribution < -0.4 is 10.3 Å². The fourth-order valence-electron chi connectivity index (χ4n) is 4.09. The molecule has 0 amide bonds. The second kappa shape index (κ2) is 9.40. The summed E-state index contributed by atoms with van der Waals surface area (Å²) in [6, 6.07) is 17.1. The van der Waals surface area contributed by atoms with Gasteiger partial charge in [0.25, 0.3) is 5.56 Å². The van der Waals surface area contributed by atoms with Crippen molar-refractivity contribution < 1.29 is 17.9 Å². The Labute approximate surface area is 214 Å². The Kier molecular flexibility index (Phi) is 6.25. The first-order chi connectivity index (χ1) is 17.6. The summed E-state index contributed by atoms with van der Waals surface area (Å²) in [4.78, 5) is 18.1. The molecule has 0 bridgehead atoms. The van der Waals surface area contributed by atoms with E-state index in [4.69, 9.17) is 16.3 Å². The molecule has 0 saturated carbocycles. The van der Waals surface area contributed by atoms with Gasteiger partial charge in [-0.3, -0.25) is 9.20 Å². The Morgan fingerprint density at radius 3 is 2.49 bits per heavy atom. The molecule has 10 heteroatoms. The van der Waals surface area contributed by atoms with Crippen molar-refractivity contribution in [1.29, 1.82) is 0 Å². The molecule has 0 aliphatic rings. The SMILES string of the molecule is Cc1nc2c(OCc3cccc(C(F)(F)F)c3)cccn2c(=O)c1-c1cc(C)n(-c2ccc(Cl)cc2)n1. The van der Waals surface area contributed by atoms with E-state index in [9.17, 15) is 18.0 Å². The van der Waals surface area contributed by atoms with Gasteiger partial charge < -0.3 is 4.74 Å². The number of alkyl halides is 3. The molecule has 6 nitrogen and oxygen atoms in total. The van der Waals surface area contributed by atoms with Crippen LogP contribution in [0.2, 0.25) is 5.02 Å². The van der Waals surface area contributed by atoms with Crippen LogP contribution in [0.3, 0.4) is 0 Å². The van der Waals surface area contributed by atoms with E-state index < -0.39 is 11.7 Å². The number of ether oxygens (including phenoxy) is 1. The van der Waals surface area contributed by atoms with Crippen LogP contribution >= 0.6 is 11.6 Å². The molecule has 3 heterocycles. The number of pyridine rings is 1. The monoisotopic (exact) mass is 524 g/mol. The molecule has 0 aliphatic carbocycles. The van der Waals surface area contributed by atoms with Gasteiger partial charge in [-0.1, -0.05) is 23.7 Å². The van der Waals surface area contributed by atoms with Crippen molar-refractivity contribution in [3.63, 3.8) is 0 Å². The first kappa shape index (κ1) is 24.6. The second-order valence-corrected chi connectivity index (χ2v) is 8.93. The number of rotatable bonds is 5. The Morgan fingerprint density at radius 2 is 1.76 bits per heavy atom. The Hall–Kier alpha value is -4.11. The summed E-state index contributed by atoms with van der Waals surface area (Å²) < 4.78 is 48.0. The summed E-state index contributed by atoms with van der Waals surface area (Å²) in [7, 11) is 0. The van der Waals surface area contributed by atoms with Crippen molar-refractivity contribution >= 4 is 17.2 Å². The lowest BCUT2D eigenvalue weighted by atomic mass is 10.1. The van der Waals surface area contributed by atoms with Gasteiger partial charge in [0.05, 0.1) is 22.5 Å². The molecular weight excluding hydrogens is 505 g/mol. The molecule has 0 saturated heterocycles. The molecule has 0 N–H and O–H groups in total. The Morgan fingerprint density at radius 1 is 1.00 bits per heavy atom. The van der Waals surface area contributed by atoms with Crippen LogP contribution in [0.1, 0.15) is 22.5 Å². The summed E-state index contributed by atoms with van der Waals surface area (Å²) in [5.41, 5.74) is 2.37. The molecular formula is C27H20ClF3N4O2. The van der Waals surface area contributed by atoms with Crippen LogP contribution in [-0.4, -0.2) is 19.2 Å². The number of hydrogen-bond acceptors (Lipinski definition) is 4. The van der Waals surface area contributed by atoms with Gasteiger partial charge in [0.2, 0.25) is 0 Å². The first-order valence-corrected chi connectivity index (χ1v) is 11.6. The third-order valence-corrected chi connectivity index (χ3v) is 6.11. The Balaban J connectivity index is 1.50. The van der Waals surface area contributed by atoms with Crippen LogP contribution in [0.5, 0.6) is 5.75 Å². The van der Waals surface area contributed by atoms with Gasteiger partial charge in [-0.05, 0) is 74.0 Å². The maximum absolute atomic E-state index is 13.5. The molecule has 0 fully saturated rings. The van der Waals surface area contributed by atoms with Crippen LogP contribution in [0.25, 0.3) is 22.6 Å². The zero-order valence-electron chi connectivity index (χ0n) is 19.8. The van der Waals surface area contributed by atoms with Crippen LogP contribution in [0, 0.1) is 13.8 Å². The van der Waals surface area contributed by atoms with Gasteiger partial charge in [0, 0.05) is 16.9 Å². The van der Waals surface area contributed by atoms with Gasteiger partial charge in [0.15, 0.2) is 11.4 Å². The molecule has 3 aromatic heterocycles. The molecule has 0 atom stereocenters. The minimum absolute atomic E-state index is 0.120. The molecule has 0 spiro atoms.